The highest BCUT2D eigenvalue weighted by molar-refractivity contribution is 7.90. The van der Waals surface area contributed by atoms with Crippen molar-refractivity contribution < 1.29 is 13.2 Å². The van der Waals surface area contributed by atoms with Gasteiger partial charge < -0.3 is 5.32 Å². The van der Waals surface area contributed by atoms with Crippen LogP contribution in [-0.4, -0.2) is 20.6 Å². The van der Waals surface area contributed by atoms with Crippen molar-refractivity contribution in [1.82, 2.24) is 5.32 Å². The fourth-order valence-electron chi connectivity index (χ4n) is 2.83. The number of nitrogens with one attached hydrogen (secondary N) is 1. The van der Waals surface area contributed by atoms with Crippen molar-refractivity contribution >= 4 is 27.3 Å². The Morgan fingerprint density at radius 1 is 1.17 bits per heavy atom. The molecule has 0 unspecified atom stereocenters. The molecule has 2 aromatic rings. The van der Waals surface area contributed by atoms with Crippen molar-refractivity contribution in [2.75, 3.05) is 6.26 Å². The first-order chi connectivity index (χ1) is 10.8. The van der Waals surface area contributed by atoms with Gasteiger partial charge in [-0.05, 0) is 60.4 Å². The molecular weight excluding hydrogens is 334 g/mol. The molecule has 0 aromatic heterocycles. The average Bonchev–Trinajstić information content (AvgIpc) is 2.88. The Morgan fingerprint density at radius 3 is 2.52 bits per heavy atom. The number of carbonyl (C=O) groups is 1. The second-order valence-corrected chi connectivity index (χ2v) is 8.16. The van der Waals surface area contributed by atoms with E-state index in [0.29, 0.717) is 10.6 Å². The first-order valence-corrected chi connectivity index (χ1v) is 9.51. The summed E-state index contributed by atoms with van der Waals surface area (Å²) in [7, 11) is -3.26. The van der Waals surface area contributed by atoms with Crippen LogP contribution in [0, 0.1) is 0 Å². The van der Waals surface area contributed by atoms with Gasteiger partial charge >= 0.3 is 0 Å². The van der Waals surface area contributed by atoms with E-state index in [-0.39, 0.29) is 16.8 Å². The second kappa shape index (κ2) is 5.98. The minimum absolute atomic E-state index is 0.0376. The summed E-state index contributed by atoms with van der Waals surface area (Å²) >= 11 is 5.99. The third-order valence-corrected chi connectivity index (χ3v) is 5.40. The molecule has 1 amide bonds. The summed E-state index contributed by atoms with van der Waals surface area (Å²) in [5.74, 6) is -0.210. The standard InChI is InChI=1S/C17H16ClNO3S/c1-23(21,22)14-6-2-11(3-7-14)17(20)19-16-9-4-12-10-13(18)5-8-15(12)16/h2-3,5-8,10,16H,4,9H2,1H3,(H,19,20)/t16-/m1/s1. The van der Waals surface area contributed by atoms with Gasteiger partial charge in [0, 0.05) is 16.8 Å². The Morgan fingerprint density at radius 2 is 1.87 bits per heavy atom. The molecule has 120 valence electrons. The highest BCUT2D eigenvalue weighted by Crippen LogP contribution is 2.33. The third kappa shape index (κ3) is 3.41. The molecule has 0 fully saturated rings. The molecule has 0 spiro atoms. The zero-order chi connectivity index (χ0) is 16.6. The first kappa shape index (κ1) is 16.0. The Kier molecular flexibility index (Phi) is 4.17. The number of aryl methyl sites for hydroxylation is 1. The number of halogens is 1. The molecule has 0 saturated carbocycles. The number of benzene rings is 2. The Hall–Kier alpha value is -1.85. The van der Waals surface area contributed by atoms with Gasteiger partial charge in [0.05, 0.1) is 10.9 Å². The van der Waals surface area contributed by atoms with Crippen molar-refractivity contribution in [2.45, 2.75) is 23.8 Å². The molecule has 4 nitrogen and oxygen atoms in total. The van der Waals surface area contributed by atoms with Gasteiger partial charge in [0.1, 0.15) is 0 Å². The highest BCUT2D eigenvalue weighted by Gasteiger charge is 2.24. The van der Waals surface area contributed by atoms with Gasteiger partial charge in [0.25, 0.3) is 5.91 Å². The molecular formula is C17H16ClNO3S. The molecule has 0 bridgehead atoms. The first-order valence-electron chi connectivity index (χ1n) is 7.24. The Bertz CT molecular complexity index is 860. The van der Waals surface area contributed by atoms with Gasteiger partial charge in [-0.15, -0.1) is 0 Å². The van der Waals surface area contributed by atoms with E-state index in [4.69, 9.17) is 11.6 Å². The molecule has 23 heavy (non-hydrogen) atoms. The summed E-state index contributed by atoms with van der Waals surface area (Å²) in [6.45, 7) is 0. The monoisotopic (exact) mass is 349 g/mol. The molecule has 6 heteroatoms. The van der Waals surface area contributed by atoms with Crippen molar-refractivity contribution in [3.05, 3.63) is 64.2 Å². The minimum atomic E-state index is -3.26. The number of rotatable bonds is 3. The van der Waals surface area contributed by atoms with Crippen LogP contribution in [0.5, 0.6) is 0 Å². The quantitative estimate of drug-likeness (QED) is 0.925. The van der Waals surface area contributed by atoms with Crippen LogP contribution in [0.15, 0.2) is 47.4 Å². The predicted octanol–water partition coefficient (Wildman–Crippen LogP) is 3.16. The summed E-state index contributed by atoms with van der Waals surface area (Å²) in [6, 6.07) is 11.6. The fourth-order valence-corrected chi connectivity index (χ4v) is 3.66. The number of carbonyl (C=O) groups excluding carboxylic acids is 1. The third-order valence-electron chi connectivity index (χ3n) is 4.03. The summed E-state index contributed by atoms with van der Waals surface area (Å²) in [6.07, 6.45) is 2.86. The molecule has 1 aliphatic carbocycles. The Labute approximate surface area is 140 Å². The van der Waals surface area contributed by atoms with E-state index in [9.17, 15) is 13.2 Å². The maximum Gasteiger partial charge on any atom is 0.251 e. The van der Waals surface area contributed by atoms with Crippen LogP contribution in [0.25, 0.3) is 0 Å². The number of sulfone groups is 1. The zero-order valence-corrected chi connectivity index (χ0v) is 14.1. The van der Waals surface area contributed by atoms with E-state index in [0.717, 1.165) is 30.2 Å². The normalized spacial score (nSPS) is 16.9. The van der Waals surface area contributed by atoms with E-state index in [1.54, 1.807) is 0 Å². The molecule has 0 saturated heterocycles. The molecule has 1 atom stereocenters. The number of fused-ring (bicyclic) bond motifs is 1. The zero-order valence-electron chi connectivity index (χ0n) is 12.5. The van der Waals surface area contributed by atoms with Crippen LogP contribution >= 0.6 is 11.6 Å². The number of hydrogen-bond acceptors (Lipinski definition) is 3. The van der Waals surface area contributed by atoms with Gasteiger partial charge in [-0.3, -0.25) is 4.79 Å². The van der Waals surface area contributed by atoms with Gasteiger partial charge in [0.15, 0.2) is 9.84 Å². The summed E-state index contributed by atoms with van der Waals surface area (Å²) in [5, 5.41) is 3.70. The van der Waals surface area contributed by atoms with Crippen LogP contribution < -0.4 is 5.32 Å². The Balaban J connectivity index is 1.76. The van der Waals surface area contributed by atoms with Gasteiger partial charge in [0.2, 0.25) is 0 Å². The summed E-state index contributed by atoms with van der Waals surface area (Å²) in [5.41, 5.74) is 2.70. The molecule has 2 aromatic carbocycles. The molecule has 3 rings (SSSR count). The van der Waals surface area contributed by atoms with E-state index < -0.39 is 9.84 Å². The predicted molar refractivity (Wildman–Crippen MR) is 89.5 cm³/mol. The van der Waals surface area contributed by atoms with E-state index >= 15 is 0 Å². The molecule has 0 radical (unpaired) electrons. The highest BCUT2D eigenvalue weighted by atomic mass is 35.5. The van der Waals surface area contributed by atoms with Crippen LogP contribution in [0.4, 0.5) is 0 Å². The van der Waals surface area contributed by atoms with Crippen LogP contribution in [0.3, 0.4) is 0 Å². The van der Waals surface area contributed by atoms with Gasteiger partial charge in [-0.25, -0.2) is 8.42 Å². The maximum absolute atomic E-state index is 12.4. The lowest BCUT2D eigenvalue weighted by Gasteiger charge is -2.14. The van der Waals surface area contributed by atoms with Crippen LogP contribution in [-0.2, 0) is 16.3 Å². The summed E-state index contributed by atoms with van der Waals surface area (Å²) in [4.78, 5) is 12.6. The van der Waals surface area contributed by atoms with E-state index in [2.05, 4.69) is 5.32 Å². The summed E-state index contributed by atoms with van der Waals surface area (Å²) < 4.78 is 22.9. The van der Waals surface area contributed by atoms with Crippen molar-refractivity contribution in [3.63, 3.8) is 0 Å². The molecule has 1 N–H and O–H groups in total. The van der Waals surface area contributed by atoms with Crippen LogP contribution in [0.2, 0.25) is 5.02 Å². The van der Waals surface area contributed by atoms with Gasteiger partial charge in [-0.1, -0.05) is 17.7 Å². The van der Waals surface area contributed by atoms with Crippen LogP contribution in [0.1, 0.15) is 33.9 Å². The van der Waals surface area contributed by atoms with E-state index in [1.807, 2.05) is 18.2 Å². The number of hydrogen-bond donors (Lipinski definition) is 1. The SMILES string of the molecule is CS(=O)(=O)c1ccc(C(=O)N[C@@H]2CCc3cc(Cl)ccc32)cc1. The van der Waals surface area contributed by atoms with Gasteiger partial charge in [-0.2, -0.15) is 0 Å². The smallest absolute Gasteiger partial charge is 0.251 e. The maximum atomic E-state index is 12.4. The lowest BCUT2D eigenvalue weighted by atomic mass is 10.1. The number of amides is 1. The molecule has 0 heterocycles. The van der Waals surface area contributed by atoms with Crippen molar-refractivity contribution in [3.8, 4) is 0 Å². The molecule has 0 aliphatic heterocycles. The second-order valence-electron chi connectivity index (χ2n) is 5.70. The van der Waals surface area contributed by atoms with E-state index in [1.165, 1.54) is 24.3 Å². The lowest BCUT2D eigenvalue weighted by Crippen LogP contribution is -2.27. The average molecular weight is 350 g/mol. The minimum Gasteiger partial charge on any atom is -0.345 e. The lowest BCUT2D eigenvalue weighted by molar-refractivity contribution is 0.0936. The fraction of sp³-hybridized carbons (Fsp3) is 0.235. The topological polar surface area (TPSA) is 63.2 Å². The largest absolute Gasteiger partial charge is 0.345 e. The van der Waals surface area contributed by atoms with Crippen molar-refractivity contribution in [1.29, 1.82) is 0 Å². The molecule has 1 aliphatic rings. The van der Waals surface area contributed by atoms with Crippen molar-refractivity contribution in [2.24, 2.45) is 0 Å².